The van der Waals surface area contributed by atoms with Crippen LogP contribution in [0.15, 0.2) is 0 Å². The molecule has 19 heavy (non-hydrogen) atoms. The fraction of sp³-hybridized carbons (Fsp3) is 1.00. The van der Waals surface area contributed by atoms with Crippen molar-refractivity contribution in [1.29, 1.82) is 0 Å². The van der Waals surface area contributed by atoms with Gasteiger partial charge in [0.25, 0.3) is 0 Å². The molecule has 3 nitrogen and oxygen atoms in total. The van der Waals surface area contributed by atoms with E-state index in [2.05, 4.69) is 33.0 Å². The highest BCUT2D eigenvalue weighted by Gasteiger charge is 2.07. The largest absolute Gasteiger partial charge is 0.389 e. The molecule has 0 saturated heterocycles. The molecule has 0 aromatic heterocycles. The highest BCUT2D eigenvalue weighted by molar-refractivity contribution is 4.66. The Kier molecular flexibility index (Phi) is 12.8. The number of unbranched alkanes of at least 4 members (excludes halogenated alkanes) is 3. The van der Waals surface area contributed by atoms with Crippen LogP contribution in [0.25, 0.3) is 0 Å². The van der Waals surface area contributed by atoms with Gasteiger partial charge in [0, 0.05) is 19.2 Å². The summed E-state index contributed by atoms with van der Waals surface area (Å²) in [6.07, 6.45) is 6.89. The monoisotopic (exact) mass is 273 g/mol. The minimum Gasteiger partial charge on any atom is -0.389 e. The van der Waals surface area contributed by atoms with Gasteiger partial charge in [0.05, 0.1) is 12.7 Å². The Balaban J connectivity index is 3.35. The molecular weight excluding hydrogens is 238 g/mol. The zero-order valence-corrected chi connectivity index (χ0v) is 13.5. The second-order valence-corrected chi connectivity index (χ2v) is 6.07. The average Bonchev–Trinajstić information content (AvgIpc) is 2.38. The molecular formula is C16H35NO2. The summed E-state index contributed by atoms with van der Waals surface area (Å²) in [7, 11) is 0. The third kappa shape index (κ3) is 14.1. The summed E-state index contributed by atoms with van der Waals surface area (Å²) in [6.45, 7) is 10.7. The van der Waals surface area contributed by atoms with Gasteiger partial charge in [0.1, 0.15) is 0 Å². The molecule has 2 N–H and O–H groups in total. The van der Waals surface area contributed by atoms with E-state index < -0.39 is 0 Å². The highest BCUT2D eigenvalue weighted by atomic mass is 16.5. The Morgan fingerprint density at radius 1 is 1.05 bits per heavy atom. The Hall–Kier alpha value is -0.120. The first-order valence-electron chi connectivity index (χ1n) is 8.05. The smallest absolute Gasteiger partial charge is 0.0897 e. The van der Waals surface area contributed by atoms with Crippen molar-refractivity contribution in [2.75, 3.05) is 19.8 Å². The first-order chi connectivity index (χ1) is 9.06. The van der Waals surface area contributed by atoms with Crippen molar-refractivity contribution in [3.63, 3.8) is 0 Å². The van der Waals surface area contributed by atoms with Gasteiger partial charge in [-0.25, -0.2) is 0 Å². The number of aliphatic hydroxyl groups excluding tert-OH is 1. The van der Waals surface area contributed by atoms with Crippen molar-refractivity contribution in [2.24, 2.45) is 5.92 Å². The summed E-state index contributed by atoms with van der Waals surface area (Å²) < 4.78 is 5.48. The summed E-state index contributed by atoms with van der Waals surface area (Å²) in [5.41, 5.74) is 0. The van der Waals surface area contributed by atoms with Gasteiger partial charge < -0.3 is 15.2 Å². The maximum atomic E-state index is 9.79. The van der Waals surface area contributed by atoms with E-state index in [1.807, 2.05) is 0 Å². The average molecular weight is 273 g/mol. The van der Waals surface area contributed by atoms with E-state index in [4.69, 9.17) is 4.74 Å². The third-order valence-corrected chi connectivity index (χ3v) is 3.33. The Morgan fingerprint density at radius 3 is 2.42 bits per heavy atom. The summed E-state index contributed by atoms with van der Waals surface area (Å²) in [5.74, 6) is 0.751. The van der Waals surface area contributed by atoms with Gasteiger partial charge in [-0.3, -0.25) is 0 Å². The Labute approximate surface area is 120 Å². The van der Waals surface area contributed by atoms with Crippen LogP contribution in [-0.2, 0) is 4.74 Å². The van der Waals surface area contributed by atoms with E-state index in [0.29, 0.717) is 19.2 Å². The van der Waals surface area contributed by atoms with Crippen molar-refractivity contribution >= 4 is 0 Å². The maximum Gasteiger partial charge on any atom is 0.0897 e. The van der Waals surface area contributed by atoms with Gasteiger partial charge >= 0.3 is 0 Å². The molecule has 0 spiro atoms. The van der Waals surface area contributed by atoms with E-state index in [-0.39, 0.29) is 6.10 Å². The molecule has 3 heteroatoms. The summed E-state index contributed by atoms with van der Waals surface area (Å²) >= 11 is 0. The van der Waals surface area contributed by atoms with Gasteiger partial charge in [0.15, 0.2) is 0 Å². The molecule has 0 saturated carbocycles. The molecule has 0 amide bonds. The number of rotatable bonds is 13. The lowest BCUT2D eigenvalue weighted by atomic mass is 10.0. The summed E-state index contributed by atoms with van der Waals surface area (Å²) in [6, 6.07) is 0.474. The van der Waals surface area contributed by atoms with Crippen molar-refractivity contribution in [3.05, 3.63) is 0 Å². The second-order valence-electron chi connectivity index (χ2n) is 6.07. The van der Waals surface area contributed by atoms with Crippen molar-refractivity contribution in [2.45, 2.75) is 78.4 Å². The SMILES string of the molecule is CCCCCCOC[C@@H](O)CN[C@@H](C)CCC(C)C. The first kappa shape index (κ1) is 18.9. The van der Waals surface area contributed by atoms with Crippen LogP contribution in [0, 0.1) is 5.92 Å². The normalized spacial score (nSPS) is 14.8. The first-order valence-corrected chi connectivity index (χ1v) is 8.05. The molecule has 0 bridgehead atoms. The van der Waals surface area contributed by atoms with E-state index in [1.54, 1.807) is 0 Å². The van der Waals surface area contributed by atoms with Gasteiger partial charge in [-0.15, -0.1) is 0 Å². The zero-order valence-electron chi connectivity index (χ0n) is 13.5. The van der Waals surface area contributed by atoms with Gasteiger partial charge in [-0.1, -0.05) is 40.0 Å². The summed E-state index contributed by atoms with van der Waals surface area (Å²) in [5, 5.41) is 13.2. The van der Waals surface area contributed by atoms with Crippen molar-refractivity contribution < 1.29 is 9.84 Å². The molecule has 0 aliphatic rings. The predicted octanol–water partition coefficient (Wildman–Crippen LogP) is 3.36. The molecule has 0 radical (unpaired) electrons. The molecule has 0 aromatic rings. The number of ether oxygens (including phenoxy) is 1. The molecule has 0 rings (SSSR count). The van der Waals surface area contributed by atoms with Crippen molar-refractivity contribution in [1.82, 2.24) is 5.32 Å². The van der Waals surface area contributed by atoms with Gasteiger partial charge in [-0.05, 0) is 32.1 Å². The predicted molar refractivity (Wildman–Crippen MR) is 82.5 cm³/mol. The Morgan fingerprint density at radius 2 is 1.79 bits per heavy atom. The number of aliphatic hydroxyl groups is 1. The molecule has 0 aliphatic carbocycles. The molecule has 0 aliphatic heterocycles. The van der Waals surface area contributed by atoms with Crippen LogP contribution < -0.4 is 5.32 Å². The van der Waals surface area contributed by atoms with Gasteiger partial charge in [0.2, 0.25) is 0 Å². The lowest BCUT2D eigenvalue weighted by Gasteiger charge is -2.18. The molecule has 2 atom stereocenters. The van der Waals surface area contributed by atoms with Crippen LogP contribution in [-0.4, -0.2) is 37.0 Å². The fourth-order valence-electron chi connectivity index (χ4n) is 1.93. The summed E-state index contributed by atoms with van der Waals surface area (Å²) in [4.78, 5) is 0. The maximum absolute atomic E-state index is 9.79. The Bertz CT molecular complexity index is 186. The van der Waals surface area contributed by atoms with Crippen LogP contribution in [0.4, 0.5) is 0 Å². The topological polar surface area (TPSA) is 41.5 Å². The van der Waals surface area contributed by atoms with E-state index >= 15 is 0 Å². The molecule has 0 aromatic carbocycles. The lowest BCUT2D eigenvalue weighted by Crippen LogP contribution is -2.36. The van der Waals surface area contributed by atoms with Crippen LogP contribution in [0.5, 0.6) is 0 Å². The van der Waals surface area contributed by atoms with E-state index in [0.717, 1.165) is 18.9 Å². The molecule has 0 fully saturated rings. The number of hydrogen-bond donors (Lipinski definition) is 2. The minimum atomic E-state index is -0.382. The fourth-order valence-corrected chi connectivity index (χ4v) is 1.93. The standard InChI is InChI=1S/C16H35NO2/c1-5-6-7-8-11-19-13-16(18)12-17-15(4)10-9-14(2)3/h14-18H,5-13H2,1-4H3/t15-,16-/m0/s1. The zero-order chi connectivity index (χ0) is 14.5. The quantitative estimate of drug-likeness (QED) is 0.506. The number of nitrogens with one attached hydrogen (secondary N) is 1. The molecule has 0 heterocycles. The van der Waals surface area contributed by atoms with Crippen molar-refractivity contribution in [3.8, 4) is 0 Å². The third-order valence-electron chi connectivity index (χ3n) is 3.33. The van der Waals surface area contributed by atoms with Crippen LogP contribution in [0.2, 0.25) is 0 Å². The van der Waals surface area contributed by atoms with Crippen LogP contribution in [0.3, 0.4) is 0 Å². The molecule has 0 unspecified atom stereocenters. The highest BCUT2D eigenvalue weighted by Crippen LogP contribution is 2.06. The van der Waals surface area contributed by atoms with Crippen LogP contribution in [0.1, 0.15) is 66.2 Å². The minimum absolute atomic E-state index is 0.382. The second kappa shape index (κ2) is 12.9. The van der Waals surface area contributed by atoms with E-state index in [9.17, 15) is 5.11 Å². The molecule has 116 valence electrons. The van der Waals surface area contributed by atoms with E-state index in [1.165, 1.54) is 32.1 Å². The lowest BCUT2D eigenvalue weighted by molar-refractivity contribution is 0.0342. The van der Waals surface area contributed by atoms with Crippen LogP contribution >= 0.6 is 0 Å². The number of hydrogen-bond acceptors (Lipinski definition) is 3. The van der Waals surface area contributed by atoms with Gasteiger partial charge in [-0.2, -0.15) is 0 Å².